The van der Waals surface area contributed by atoms with Crippen molar-refractivity contribution in [1.82, 2.24) is 0 Å². The first-order chi connectivity index (χ1) is 12.1. The van der Waals surface area contributed by atoms with E-state index in [1.165, 1.54) is 0 Å². The maximum absolute atomic E-state index is 12.4. The quantitative estimate of drug-likeness (QED) is 0.699. The number of methoxy groups -OCH3 is 1. The summed E-state index contributed by atoms with van der Waals surface area (Å²) in [4.78, 5) is 12.4. The number of nitrogens with one attached hydrogen (secondary N) is 1. The summed E-state index contributed by atoms with van der Waals surface area (Å²) in [6.07, 6.45) is 0. The molecule has 1 amide bonds. The molecule has 0 radical (unpaired) electrons. The minimum Gasteiger partial charge on any atom is -0.491 e. The molecular weight excluding hydrogens is 318 g/mol. The van der Waals surface area contributed by atoms with Gasteiger partial charge in [0.1, 0.15) is 18.1 Å². The first kappa shape index (κ1) is 18.8. The summed E-state index contributed by atoms with van der Waals surface area (Å²) in [6, 6.07) is 14.4. The molecule has 0 unspecified atom stereocenters. The van der Waals surface area contributed by atoms with E-state index in [1.807, 2.05) is 24.3 Å². The smallest absolute Gasteiger partial charge is 0.255 e. The number of benzene rings is 2. The molecule has 0 aliphatic rings. The molecular formula is C20H25NO4. The summed E-state index contributed by atoms with van der Waals surface area (Å²) >= 11 is 0. The van der Waals surface area contributed by atoms with Crippen molar-refractivity contribution < 1.29 is 19.0 Å². The number of amides is 1. The lowest BCUT2D eigenvalue weighted by atomic mass is 10.2. The number of anilines is 1. The molecule has 2 aromatic rings. The fourth-order valence-corrected chi connectivity index (χ4v) is 2.09. The summed E-state index contributed by atoms with van der Waals surface area (Å²) in [5, 5.41) is 2.90. The fourth-order valence-electron chi connectivity index (χ4n) is 2.09. The van der Waals surface area contributed by atoms with Gasteiger partial charge in [0.25, 0.3) is 5.91 Å². The second-order valence-corrected chi connectivity index (χ2v) is 6.02. The van der Waals surface area contributed by atoms with Gasteiger partial charge in [-0.2, -0.15) is 0 Å². The summed E-state index contributed by atoms with van der Waals surface area (Å²) in [5.74, 6) is 1.59. The molecule has 0 aliphatic heterocycles. The molecule has 0 atom stereocenters. The van der Waals surface area contributed by atoms with Crippen molar-refractivity contribution in [1.29, 1.82) is 0 Å². The summed E-state index contributed by atoms with van der Waals surface area (Å²) in [5.41, 5.74) is 1.21. The Morgan fingerprint density at radius 3 is 2.40 bits per heavy atom. The molecule has 0 spiro atoms. The number of hydrogen-bond acceptors (Lipinski definition) is 4. The van der Waals surface area contributed by atoms with Crippen LogP contribution in [0.15, 0.2) is 48.5 Å². The van der Waals surface area contributed by atoms with E-state index in [9.17, 15) is 4.79 Å². The van der Waals surface area contributed by atoms with Crippen molar-refractivity contribution in [3.8, 4) is 11.5 Å². The summed E-state index contributed by atoms with van der Waals surface area (Å²) in [6.45, 7) is 5.76. The van der Waals surface area contributed by atoms with Gasteiger partial charge in [-0.05, 0) is 42.3 Å². The van der Waals surface area contributed by atoms with Crippen LogP contribution in [0.25, 0.3) is 0 Å². The van der Waals surface area contributed by atoms with Crippen LogP contribution in [-0.4, -0.2) is 32.8 Å². The predicted molar refractivity (Wildman–Crippen MR) is 98.5 cm³/mol. The van der Waals surface area contributed by atoms with Gasteiger partial charge < -0.3 is 19.5 Å². The van der Waals surface area contributed by atoms with Crippen molar-refractivity contribution in [2.75, 3.05) is 32.2 Å². The van der Waals surface area contributed by atoms with E-state index in [0.29, 0.717) is 48.5 Å². The number of carbonyl (C=O) groups is 1. The van der Waals surface area contributed by atoms with E-state index >= 15 is 0 Å². The van der Waals surface area contributed by atoms with Gasteiger partial charge in [-0.25, -0.2) is 0 Å². The maximum atomic E-state index is 12.4. The molecule has 2 rings (SSSR count). The molecule has 2 aromatic carbocycles. The number of carbonyl (C=O) groups excluding carboxylic acids is 1. The molecule has 0 fully saturated rings. The third-order valence-corrected chi connectivity index (χ3v) is 3.38. The van der Waals surface area contributed by atoms with Crippen LogP contribution in [0.4, 0.5) is 5.69 Å². The van der Waals surface area contributed by atoms with Crippen LogP contribution in [0.5, 0.6) is 11.5 Å². The zero-order valence-corrected chi connectivity index (χ0v) is 15.0. The first-order valence-electron chi connectivity index (χ1n) is 8.35. The van der Waals surface area contributed by atoms with Crippen LogP contribution in [0.1, 0.15) is 24.2 Å². The number of hydrogen-bond donors (Lipinski definition) is 1. The van der Waals surface area contributed by atoms with Crippen molar-refractivity contribution in [2.24, 2.45) is 5.92 Å². The average molecular weight is 343 g/mol. The van der Waals surface area contributed by atoms with E-state index < -0.39 is 0 Å². The van der Waals surface area contributed by atoms with Crippen LogP contribution in [0, 0.1) is 5.92 Å². The first-order valence-corrected chi connectivity index (χ1v) is 8.35. The molecule has 5 heteroatoms. The Balaban J connectivity index is 1.99. The monoisotopic (exact) mass is 343 g/mol. The standard InChI is InChI=1S/C20H25NO4/c1-15(2)14-25-19-7-5-4-6-18(19)21-20(22)16-8-10-17(11-9-16)24-13-12-23-3/h4-11,15H,12-14H2,1-3H3,(H,21,22). The molecule has 1 N–H and O–H groups in total. The minimum absolute atomic E-state index is 0.191. The highest BCUT2D eigenvalue weighted by atomic mass is 16.5. The van der Waals surface area contributed by atoms with Crippen LogP contribution >= 0.6 is 0 Å². The van der Waals surface area contributed by atoms with Crippen molar-refractivity contribution in [3.63, 3.8) is 0 Å². The Morgan fingerprint density at radius 2 is 1.72 bits per heavy atom. The summed E-state index contributed by atoms with van der Waals surface area (Å²) in [7, 11) is 1.62. The SMILES string of the molecule is COCCOc1ccc(C(=O)Nc2ccccc2OCC(C)C)cc1. The normalized spacial score (nSPS) is 10.6. The minimum atomic E-state index is -0.191. The molecule has 5 nitrogen and oxygen atoms in total. The van der Waals surface area contributed by atoms with Crippen LogP contribution in [0.2, 0.25) is 0 Å². The van der Waals surface area contributed by atoms with Crippen molar-refractivity contribution >= 4 is 11.6 Å². The van der Waals surface area contributed by atoms with E-state index in [1.54, 1.807) is 31.4 Å². The topological polar surface area (TPSA) is 56.8 Å². The molecule has 25 heavy (non-hydrogen) atoms. The molecule has 134 valence electrons. The Bertz CT molecular complexity index is 668. The lowest BCUT2D eigenvalue weighted by molar-refractivity contribution is 0.102. The van der Waals surface area contributed by atoms with Crippen molar-refractivity contribution in [2.45, 2.75) is 13.8 Å². The van der Waals surface area contributed by atoms with Gasteiger partial charge in [0.05, 0.1) is 18.9 Å². The number of rotatable bonds is 9. The Labute approximate surface area is 148 Å². The fraction of sp³-hybridized carbons (Fsp3) is 0.350. The Hall–Kier alpha value is -2.53. The predicted octanol–water partition coefficient (Wildman–Crippen LogP) is 4.00. The van der Waals surface area contributed by atoms with Crippen LogP contribution in [-0.2, 0) is 4.74 Å². The van der Waals surface area contributed by atoms with Gasteiger partial charge in [-0.1, -0.05) is 26.0 Å². The molecule has 0 aromatic heterocycles. The van der Waals surface area contributed by atoms with Gasteiger partial charge in [0, 0.05) is 12.7 Å². The zero-order chi connectivity index (χ0) is 18.1. The summed E-state index contributed by atoms with van der Waals surface area (Å²) < 4.78 is 16.2. The van der Waals surface area contributed by atoms with Gasteiger partial charge in [-0.15, -0.1) is 0 Å². The highest BCUT2D eigenvalue weighted by molar-refractivity contribution is 6.05. The Morgan fingerprint density at radius 1 is 1.00 bits per heavy atom. The van der Waals surface area contributed by atoms with Crippen molar-refractivity contribution in [3.05, 3.63) is 54.1 Å². The molecule has 0 heterocycles. The van der Waals surface area contributed by atoms with E-state index in [4.69, 9.17) is 14.2 Å². The second kappa shape index (κ2) is 9.69. The third kappa shape index (κ3) is 6.12. The molecule has 0 aliphatic carbocycles. The number of ether oxygens (including phenoxy) is 3. The third-order valence-electron chi connectivity index (χ3n) is 3.38. The molecule has 0 saturated carbocycles. The lowest BCUT2D eigenvalue weighted by Gasteiger charge is -2.14. The van der Waals surface area contributed by atoms with E-state index in [0.717, 1.165) is 0 Å². The van der Waals surface area contributed by atoms with E-state index in [2.05, 4.69) is 19.2 Å². The Kier molecular flexibility index (Phi) is 7.29. The van der Waals surface area contributed by atoms with Gasteiger partial charge in [0.15, 0.2) is 0 Å². The largest absolute Gasteiger partial charge is 0.491 e. The van der Waals surface area contributed by atoms with Gasteiger partial charge in [-0.3, -0.25) is 4.79 Å². The zero-order valence-electron chi connectivity index (χ0n) is 15.0. The lowest BCUT2D eigenvalue weighted by Crippen LogP contribution is -2.14. The van der Waals surface area contributed by atoms with Crippen LogP contribution in [0.3, 0.4) is 0 Å². The highest BCUT2D eigenvalue weighted by Gasteiger charge is 2.10. The molecule has 0 bridgehead atoms. The van der Waals surface area contributed by atoms with Gasteiger partial charge in [0.2, 0.25) is 0 Å². The average Bonchev–Trinajstić information content (AvgIpc) is 2.61. The highest BCUT2D eigenvalue weighted by Crippen LogP contribution is 2.25. The number of para-hydroxylation sites is 2. The van der Waals surface area contributed by atoms with Crippen LogP contribution < -0.4 is 14.8 Å². The maximum Gasteiger partial charge on any atom is 0.255 e. The molecule has 0 saturated heterocycles. The second-order valence-electron chi connectivity index (χ2n) is 6.02. The van der Waals surface area contributed by atoms with E-state index in [-0.39, 0.29) is 5.91 Å². The van der Waals surface area contributed by atoms with Gasteiger partial charge >= 0.3 is 0 Å².